The van der Waals surface area contributed by atoms with Crippen LogP contribution < -0.4 is 10.9 Å². The molecule has 2 N–H and O–H groups in total. The first-order chi connectivity index (χ1) is 13.6. The molecule has 0 bridgehead atoms. The molecule has 3 heterocycles. The van der Waals surface area contributed by atoms with Gasteiger partial charge in [0.1, 0.15) is 5.69 Å². The number of rotatable bonds is 5. The lowest BCUT2D eigenvalue weighted by atomic mass is 10.0. The van der Waals surface area contributed by atoms with E-state index in [1.165, 1.54) is 29.2 Å². The summed E-state index contributed by atoms with van der Waals surface area (Å²) in [5.74, 6) is -0.336. The average molecular weight is 374 g/mol. The minimum atomic E-state index is -0.370. The van der Waals surface area contributed by atoms with Crippen LogP contribution in [0.25, 0.3) is 5.65 Å². The van der Waals surface area contributed by atoms with Crippen molar-refractivity contribution in [3.05, 3.63) is 94.1 Å². The molecule has 0 aliphatic carbocycles. The molecule has 4 rings (SSSR count). The number of aryl methyl sites for hydroxylation is 1. The highest BCUT2D eigenvalue weighted by molar-refractivity contribution is 5.92. The second kappa shape index (κ2) is 7.43. The van der Waals surface area contributed by atoms with Crippen molar-refractivity contribution in [2.24, 2.45) is 0 Å². The molecule has 1 atom stereocenters. The number of fused-ring (bicyclic) bond motifs is 1. The maximum absolute atomic E-state index is 12.6. The fraction of sp³-hybridized carbons (Fsp3) is 0.150. The number of hydrogen-bond acceptors (Lipinski definition) is 5. The number of aromatic amines is 1. The SMILES string of the molecule is Cc1cc2nc(CC(NC(=O)c3cnccn3)c3ccccc3)cc(=O)n2[nH]1. The molecular weight excluding hydrogens is 356 g/mol. The van der Waals surface area contributed by atoms with E-state index in [0.29, 0.717) is 17.8 Å². The Kier molecular flexibility index (Phi) is 4.67. The lowest BCUT2D eigenvalue weighted by molar-refractivity contribution is 0.0931. The number of carbonyl (C=O) groups is 1. The molecule has 0 radical (unpaired) electrons. The summed E-state index contributed by atoms with van der Waals surface area (Å²) in [6, 6.07) is 12.5. The minimum absolute atomic E-state index is 0.194. The van der Waals surface area contributed by atoms with Crippen molar-refractivity contribution in [2.45, 2.75) is 19.4 Å². The molecule has 0 saturated heterocycles. The zero-order valence-corrected chi connectivity index (χ0v) is 15.2. The van der Waals surface area contributed by atoms with E-state index in [9.17, 15) is 9.59 Å². The number of carbonyl (C=O) groups excluding carboxylic acids is 1. The van der Waals surface area contributed by atoms with Gasteiger partial charge < -0.3 is 5.32 Å². The van der Waals surface area contributed by atoms with Crippen molar-refractivity contribution >= 4 is 11.6 Å². The third-order valence-electron chi connectivity index (χ3n) is 4.35. The van der Waals surface area contributed by atoms with Gasteiger partial charge in [0, 0.05) is 36.6 Å². The second-order valence-corrected chi connectivity index (χ2v) is 6.45. The van der Waals surface area contributed by atoms with Crippen LogP contribution in [-0.4, -0.2) is 30.5 Å². The standard InChI is InChI=1S/C20H18N6O2/c1-13-9-18-23-15(11-19(27)26(18)25-13)10-16(14-5-3-2-4-6-14)24-20(28)17-12-21-7-8-22-17/h2-9,11-12,16,25H,10H2,1H3,(H,24,28). The van der Waals surface area contributed by atoms with Crippen LogP contribution in [0.4, 0.5) is 0 Å². The van der Waals surface area contributed by atoms with Crippen molar-refractivity contribution in [2.75, 3.05) is 0 Å². The van der Waals surface area contributed by atoms with Gasteiger partial charge in [-0.25, -0.2) is 14.5 Å². The van der Waals surface area contributed by atoms with Gasteiger partial charge >= 0.3 is 0 Å². The molecule has 0 aliphatic rings. The number of benzene rings is 1. The van der Waals surface area contributed by atoms with Gasteiger partial charge in [-0.15, -0.1) is 0 Å². The molecule has 8 nitrogen and oxygen atoms in total. The van der Waals surface area contributed by atoms with Gasteiger partial charge in [-0.05, 0) is 12.5 Å². The Hall–Kier alpha value is -3.81. The van der Waals surface area contributed by atoms with Crippen LogP contribution in [0.3, 0.4) is 0 Å². The van der Waals surface area contributed by atoms with Gasteiger partial charge in [-0.3, -0.25) is 19.7 Å². The van der Waals surface area contributed by atoms with E-state index in [-0.39, 0.29) is 23.2 Å². The van der Waals surface area contributed by atoms with Crippen LogP contribution in [0, 0.1) is 6.92 Å². The Morgan fingerprint density at radius 1 is 1.21 bits per heavy atom. The summed E-state index contributed by atoms with van der Waals surface area (Å²) in [6.07, 6.45) is 4.76. The Bertz CT molecular complexity index is 1170. The van der Waals surface area contributed by atoms with Crippen molar-refractivity contribution in [1.82, 2.24) is 29.9 Å². The fourth-order valence-electron chi connectivity index (χ4n) is 3.06. The summed E-state index contributed by atoms with van der Waals surface area (Å²) in [5, 5.41) is 5.92. The summed E-state index contributed by atoms with van der Waals surface area (Å²) in [6.45, 7) is 1.86. The van der Waals surface area contributed by atoms with Crippen LogP contribution in [0.1, 0.15) is 33.5 Å². The summed E-state index contributed by atoms with van der Waals surface area (Å²) in [5.41, 5.74) is 2.93. The lowest BCUT2D eigenvalue weighted by Crippen LogP contribution is -2.31. The first-order valence-corrected chi connectivity index (χ1v) is 8.80. The maximum Gasteiger partial charge on any atom is 0.272 e. The first-order valence-electron chi connectivity index (χ1n) is 8.80. The Balaban J connectivity index is 1.66. The quantitative estimate of drug-likeness (QED) is 0.554. The molecule has 1 amide bonds. The molecular formula is C20H18N6O2. The van der Waals surface area contributed by atoms with E-state index in [4.69, 9.17) is 0 Å². The molecule has 1 aromatic carbocycles. The minimum Gasteiger partial charge on any atom is -0.343 e. The van der Waals surface area contributed by atoms with Crippen molar-refractivity contribution in [3.63, 3.8) is 0 Å². The predicted molar refractivity (Wildman–Crippen MR) is 103 cm³/mol. The molecule has 0 spiro atoms. The normalized spacial score (nSPS) is 12.0. The van der Waals surface area contributed by atoms with Gasteiger partial charge in [0.05, 0.1) is 17.9 Å². The lowest BCUT2D eigenvalue weighted by Gasteiger charge is -2.18. The molecule has 4 aromatic rings. The Labute approximate surface area is 160 Å². The smallest absolute Gasteiger partial charge is 0.272 e. The van der Waals surface area contributed by atoms with E-state index in [0.717, 1.165) is 11.3 Å². The number of aromatic nitrogens is 5. The van der Waals surface area contributed by atoms with Gasteiger partial charge in [0.2, 0.25) is 0 Å². The summed E-state index contributed by atoms with van der Waals surface area (Å²) >= 11 is 0. The van der Waals surface area contributed by atoms with Crippen LogP contribution in [0.5, 0.6) is 0 Å². The monoisotopic (exact) mass is 374 g/mol. The molecule has 0 fully saturated rings. The van der Waals surface area contributed by atoms with E-state index >= 15 is 0 Å². The average Bonchev–Trinajstić information content (AvgIpc) is 3.09. The van der Waals surface area contributed by atoms with Crippen LogP contribution in [-0.2, 0) is 6.42 Å². The molecule has 1 unspecified atom stereocenters. The van der Waals surface area contributed by atoms with Crippen molar-refractivity contribution < 1.29 is 4.79 Å². The predicted octanol–water partition coefficient (Wildman–Crippen LogP) is 1.83. The number of amides is 1. The summed E-state index contributed by atoms with van der Waals surface area (Å²) in [7, 11) is 0. The van der Waals surface area contributed by atoms with Gasteiger partial charge in [0.25, 0.3) is 11.5 Å². The third-order valence-corrected chi connectivity index (χ3v) is 4.35. The van der Waals surface area contributed by atoms with Crippen LogP contribution in [0.2, 0.25) is 0 Å². The van der Waals surface area contributed by atoms with E-state index in [2.05, 4.69) is 25.4 Å². The number of nitrogens with zero attached hydrogens (tertiary/aromatic N) is 4. The van der Waals surface area contributed by atoms with Crippen LogP contribution in [0.15, 0.2) is 65.8 Å². The molecule has 3 aromatic heterocycles. The van der Waals surface area contributed by atoms with E-state index in [1.807, 2.05) is 37.3 Å². The van der Waals surface area contributed by atoms with Crippen molar-refractivity contribution in [1.29, 1.82) is 0 Å². The molecule has 0 saturated carbocycles. The second-order valence-electron chi connectivity index (χ2n) is 6.45. The first kappa shape index (κ1) is 17.6. The maximum atomic E-state index is 12.6. The largest absolute Gasteiger partial charge is 0.343 e. The van der Waals surface area contributed by atoms with Crippen molar-refractivity contribution in [3.8, 4) is 0 Å². The summed E-state index contributed by atoms with van der Waals surface area (Å²) in [4.78, 5) is 37.5. The van der Waals surface area contributed by atoms with Gasteiger partial charge in [0.15, 0.2) is 5.65 Å². The van der Waals surface area contributed by atoms with E-state index < -0.39 is 0 Å². The summed E-state index contributed by atoms with van der Waals surface area (Å²) < 4.78 is 1.40. The zero-order chi connectivity index (χ0) is 19.5. The van der Waals surface area contributed by atoms with E-state index in [1.54, 1.807) is 6.07 Å². The topological polar surface area (TPSA) is 105 Å². The van der Waals surface area contributed by atoms with Gasteiger partial charge in [-0.2, -0.15) is 0 Å². The number of H-pyrrole nitrogens is 1. The highest BCUT2D eigenvalue weighted by Crippen LogP contribution is 2.18. The molecule has 140 valence electrons. The van der Waals surface area contributed by atoms with Crippen LogP contribution >= 0.6 is 0 Å². The number of nitrogens with one attached hydrogen (secondary N) is 2. The highest BCUT2D eigenvalue weighted by Gasteiger charge is 2.19. The molecule has 8 heteroatoms. The van der Waals surface area contributed by atoms with Gasteiger partial charge in [-0.1, -0.05) is 30.3 Å². The third kappa shape index (κ3) is 3.66. The number of hydrogen-bond donors (Lipinski definition) is 2. The Morgan fingerprint density at radius 3 is 2.79 bits per heavy atom. The zero-order valence-electron chi connectivity index (χ0n) is 15.2. The molecule has 0 aliphatic heterocycles. The fourth-order valence-corrected chi connectivity index (χ4v) is 3.06. The Morgan fingerprint density at radius 2 is 2.04 bits per heavy atom. The molecule has 28 heavy (non-hydrogen) atoms. The highest BCUT2D eigenvalue weighted by atomic mass is 16.2.